The minimum Gasteiger partial charge on any atom is -0.283 e. The van der Waals surface area contributed by atoms with E-state index in [1.54, 1.807) is 0 Å². The maximum Gasteiger partial charge on any atom is 0.229 e. The molecule has 0 aliphatic heterocycles. The largest absolute Gasteiger partial charge is 0.283 e. The zero-order chi connectivity index (χ0) is 17.1. The first-order valence-corrected chi connectivity index (χ1v) is 11.0. The van der Waals surface area contributed by atoms with Gasteiger partial charge in [0.2, 0.25) is 10.0 Å². The van der Waals surface area contributed by atoms with Crippen LogP contribution in [0.4, 0.5) is 5.69 Å². The summed E-state index contributed by atoms with van der Waals surface area (Å²) < 4.78 is 26.3. The first-order valence-electron chi connectivity index (χ1n) is 9.06. The summed E-state index contributed by atoms with van der Waals surface area (Å²) in [5, 5.41) is 0. The average Bonchev–Trinajstić information content (AvgIpc) is 2.49. The first kappa shape index (κ1) is 20.0. The van der Waals surface area contributed by atoms with Crippen LogP contribution in [0, 0.1) is 0 Å². The summed E-state index contributed by atoms with van der Waals surface area (Å²) in [6.45, 7) is 4.40. The van der Waals surface area contributed by atoms with Gasteiger partial charge in [0.25, 0.3) is 0 Å². The number of nitrogens with one attached hydrogen (secondary N) is 1. The Hall–Kier alpha value is -1.03. The van der Waals surface area contributed by atoms with Crippen molar-refractivity contribution in [2.75, 3.05) is 11.0 Å². The Bertz CT molecular complexity index is 522. The molecule has 0 unspecified atom stereocenters. The van der Waals surface area contributed by atoms with Crippen molar-refractivity contribution in [1.82, 2.24) is 0 Å². The van der Waals surface area contributed by atoms with Gasteiger partial charge in [0.15, 0.2) is 0 Å². The van der Waals surface area contributed by atoms with E-state index < -0.39 is 10.0 Å². The Morgan fingerprint density at radius 3 is 1.70 bits per heavy atom. The highest BCUT2D eigenvalue weighted by atomic mass is 32.2. The number of unbranched alkanes of at least 4 members (excludes halogenated alkanes) is 6. The molecule has 0 amide bonds. The molecule has 3 nitrogen and oxygen atoms in total. The lowest BCUT2D eigenvalue weighted by Gasteiger charge is -2.16. The first-order chi connectivity index (χ1) is 11.0. The number of benzene rings is 1. The molecule has 0 saturated heterocycles. The van der Waals surface area contributed by atoms with Crippen molar-refractivity contribution in [1.29, 1.82) is 0 Å². The molecule has 132 valence electrons. The summed E-state index contributed by atoms with van der Waals surface area (Å²) >= 11 is 0. The average molecular weight is 340 g/mol. The van der Waals surface area contributed by atoms with Crippen LogP contribution < -0.4 is 4.72 Å². The third-order valence-electron chi connectivity index (χ3n) is 4.12. The molecule has 1 aromatic carbocycles. The van der Waals surface area contributed by atoms with Crippen molar-refractivity contribution in [3.63, 3.8) is 0 Å². The van der Waals surface area contributed by atoms with Crippen LogP contribution in [0.2, 0.25) is 0 Å². The molecule has 0 spiro atoms. The van der Waals surface area contributed by atoms with Crippen molar-refractivity contribution in [3.05, 3.63) is 29.3 Å². The van der Waals surface area contributed by atoms with E-state index in [1.165, 1.54) is 44.8 Å². The number of sulfonamides is 1. The number of aryl methyl sites for hydroxylation is 2. The summed E-state index contributed by atoms with van der Waals surface area (Å²) in [4.78, 5) is 0. The van der Waals surface area contributed by atoms with Crippen LogP contribution in [0.1, 0.15) is 76.3 Å². The number of anilines is 1. The molecule has 0 heterocycles. The van der Waals surface area contributed by atoms with Crippen molar-refractivity contribution >= 4 is 15.7 Å². The standard InChI is InChI=1S/C19H33NO2S/c1-4-6-8-10-13-17-15-12-16-18(14-11-9-7-5-2)19(17)20-23(3,21)22/h12,15-16,20H,4-11,13-14H2,1-3H3. The minimum atomic E-state index is -3.24. The molecule has 0 saturated carbocycles. The molecule has 1 N–H and O–H groups in total. The van der Waals surface area contributed by atoms with Crippen molar-refractivity contribution in [2.45, 2.75) is 78.1 Å². The smallest absolute Gasteiger partial charge is 0.229 e. The molecule has 4 heteroatoms. The van der Waals surface area contributed by atoms with Crippen LogP contribution in [0.3, 0.4) is 0 Å². The quantitative estimate of drug-likeness (QED) is 0.525. The van der Waals surface area contributed by atoms with Crippen LogP contribution in [0.5, 0.6) is 0 Å². The van der Waals surface area contributed by atoms with Crippen LogP contribution >= 0.6 is 0 Å². The molecular formula is C19H33NO2S. The van der Waals surface area contributed by atoms with Gasteiger partial charge in [0.1, 0.15) is 0 Å². The molecule has 1 aromatic rings. The molecule has 0 bridgehead atoms. The van der Waals surface area contributed by atoms with Crippen molar-refractivity contribution in [3.8, 4) is 0 Å². The Morgan fingerprint density at radius 2 is 1.30 bits per heavy atom. The second-order valence-electron chi connectivity index (χ2n) is 6.45. The fraction of sp³-hybridized carbons (Fsp3) is 0.684. The second-order valence-corrected chi connectivity index (χ2v) is 8.20. The Morgan fingerprint density at radius 1 is 0.826 bits per heavy atom. The third-order valence-corrected chi connectivity index (χ3v) is 4.70. The van der Waals surface area contributed by atoms with Gasteiger partial charge in [-0.05, 0) is 36.8 Å². The molecule has 0 radical (unpaired) electrons. The number of hydrogen-bond acceptors (Lipinski definition) is 2. The molecule has 0 aliphatic rings. The van der Waals surface area contributed by atoms with Crippen molar-refractivity contribution in [2.24, 2.45) is 0 Å². The van der Waals surface area contributed by atoms with Gasteiger partial charge in [-0.3, -0.25) is 4.72 Å². The Balaban J connectivity index is 2.85. The predicted molar refractivity (Wildman–Crippen MR) is 101 cm³/mol. The van der Waals surface area contributed by atoms with Gasteiger partial charge in [-0.2, -0.15) is 0 Å². The van der Waals surface area contributed by atoms with E-state index in [0.717, 1.165) is 42.5 Å². The maximum absolute atomic E-state index is 11.7. The lowest BCUT2D eigenvalue weighted by atomic mass is 9.98. The van der Waals surface area contributed by atoms with Crippen LogP contribution in [0.25, 0.3) is 0 Å². The number of para-hydroxylation sites is 1. The maximum atomic E-state index is 11.7. The topological polar surface area (TPSA) is 46.2 Å². The summed E-state index contributed by atoms with van der Waals surface area (Å²) in [5.74, 6) is 0. The normalized spacial score (nSPS) is 11.6. The zero-order valence-corrected chi connectivity index (χ0v) is 15.8. The fourth-order valence-corrected chi connectivity index (χ4v) is 3.50. The van der Waals surface area contributed by atoms with E-state index in [2.05, 4.69) is 36.8 Å². The monoisotopic (exact) mass is 339 g/mol. The molecule has 0 aromatic heterocycles. The van der Waals surface area contributed by atoms with Crippen molar-refractivity contribution < 1.29 is 8.42 Å². The van der Waals surface area contributed by atoms with E-state index in [0.29, 0.717) is 0 Å². The summed E-state index contributed by atoms with van der Waals surface area (Å²) in [5.41, 5.74) is 3.11. The van der Waals surface area contributed by atoms with E-state index in [1.807, 2.05) is 0 Å². The van der Waals surface area contributed by atoms with E-state index in [9.17, 15) is 8.42 Å². The van der Waals surface area contributed by atoms with Crippen LogP contribution in [-0.2, 0) is 22.9 Å². The highest BCUT2D eigenvalue weighted by molar-refractivity contribution is 7.92. The Labute approximate surface area is 142 Å². The van der Waals surface area contributed by atoms with E-state index >= 15 is 0 Å². The van der Waals surface area contributed by atoms with Gasteiger partial charge in [0.05, 0.1) is 11.9 Å². The van der Waals surface area contributed by atoms with E-state index in [4.69, 9.17) is 0 Å². The van der Waals surface area contributed by atoms with Gasteiger partial charge in [0, 0.05) is 0 Å². The van der Waals surface area contributed by atoms with Crippen LogP contribution in [-0.4, -0.2) is 14.7 Å². The van der Waals surface area contributed by atoms with Gasteiger partial charge in [-0.25, -0.2) is 8.42 Å². The SMILES string of the molecule is CCCCCCc1cccc(CCCCCC)c1NS(C)(=O)=O. The summed E-state index contributed by atoms with van der Waals surface area (Å²) in [6, 6.07) is 6.20. The lowest BCUT2D eigenvalue weighted by molar-refractivity contribution is 0.606. The lowest BCUT2D eigenvalue weighted by Crippen LogP contribution is -2.13. The van der Waals surface area contributed by atoms with Gasteiger partial charge < -0.3 is 0 Å². The van der Waals surface area contributed by atoms with Gasteiger partial charge in [-0.1, -0.05) is 70.6 Å². The molecule has 0 aliphatic carbocycles. The highest BCUT2D eigenvalue weighted by Crippen LogP contribution is 2.26. The molecule has 0 atom stereocenters. The third kappa shape index (κ3) is 8.40. The molecule has 23 heavy (non-hydrogen) atoms. The van der Waals surface area contributed by atoms with E-state index in [-0.39, 0.29) is 0 Å². The number of hydrogen-bond donors (Lipinski definition) is 1. The number of rotatable bonds is 12. The minimum absolute atomic E-state index is 0.836. The fourth-order valence-electron chi connectivity index (χ4n) is 2.87. The molecule has 0 fully saturated rings. The highest BCUT2D eigenvalue weighted by Gasteiger charge is 2.12. The van der Waals surface area contributed by atoms with Gasteiger partial charge >= 0.3 is 0 Å². The van der Waals surface area contributed by atoms with Crippen LogP contribution in [0.15, 0.2) is 18.2 Å². The second kappa shape index (κ2) is 10.7. The predicted octanol–water partition coefficient (Wildman–Crippen LogP) is 5.30. The molecule has 1 rings (SSSR count). The zero-order valence-electron chi connectivity index (χ0n) is 15.0. The molecular weight excluding hydrogens is 306 g/mol. The Kier molecular flexibility index (Phi) is 9.30. The summed E-state index contributed by atoms with van der Waals surface area (Å²) in [6.07, 6.45) is 12.7. The van der Waals surface area contributed by atoms with Gasteiger partial charge in [-0.15, -0.1) is 0 Å². The summed E-state index contributed by atoms with van der Waals surface area (Å²) in [7, 11) is -3.24.